The Morgan fingerprint density at radius 1 is 0.735 bits per heavy atom. The van der Waals surface area contributed by atoms with Crippen molar-refractivity contribution in [3.05, 3.63) is 107 Å². The number of hydrogen-bond acceptors (Lipinski definition) is 5. The highest BCUT2D eigenvalue weighted by Gasteiger charge is 2.46. The first kappa shape index (κ1) is 20.3. The van der Waals surface area contributed by atoms with Gasteiger partial charge in [-0.05, 0) is 47.2 Å². The average Bonchev–Trinajstić information content (AvgIpc) is 2.86. The van der Waals surface area contributed by atoms with Gasteiger partial charge < -0.3 is 19.7 Å². The molecule has 0 saturated carbocycles. The summed E-state index contributed by atoms with van der Waals surface area (Å²) in [5.74, 6) is 1.50. The molecule has 1 aliphatic rings. The third kappa shape index (κ3) is 2.68. The Balaban J connectivity index is 1.80. The van der Waals surface area contributed by atoms with Crippen LogP contribution in [0.4, 0.5) is 0 Å². The number of fused-ring (bicyclic) bond motifs is 6. The van der Waals surface area contributed by atoms with Gasteiger partial charge in [-0.3, -0.25) is 4.79 Å². The number of aromatic hydroxyl groups is 2. The second-order valence-corrected chi connectivity index (χ2v) is 8.39. The molecule has 0 spiro atoms. The monoisotopic (exact) mass is 448 g/mol. The minimum Gasteiger partial charge on any atom is -0.508 e. The number of hydrogen-bond donors (Lipinski definition) is 2. The van der Waals surface area contributed by atoms with Gasteiger partial charge >= 0.3 is 0 Å². The quantitative estimate of drug-likeness (QED) is 0.319. The summed E-state index contributed by atoms with van der Waals surface area (Å²) in [5, 5.41) is 23.3. The van der Waals surface area contributed by atoms with Crippen LogP contribution in [-0.4, -0.2) is 23.6 Å². The van der Waals surface area contributed by atoms with Crippen molar-refractivity contribution in [3.63, 3.8) is 0 Å². The molecule has 0 fully saturated rings. The van der Waals surface area contributed by atoms with Crippen LogP contribution in [0.2, 0.25) is 0 Å². The van der Waals surface area contributed by atoms with Gasteiger partial charge in [0.15, 0.2) is 5.60 Å². The molecular weight excluding hydrogens is 428 g/mol. The van der Waals surface area contributed by atoms with Gasteiger partial charge in [0, 0.05) is 40.1 Å². The molecule has 2 N–H and O–H groups in total. The zero-order valence-electron chi connectivity index (χ0n) is 18.3. The van der Waals surface area contributed by atoms with Gasteiger partial charge in [0.05, 0.1) is 0 Å². The lowest BCUT2D eigenvalue weighted by atomic mass is 9.75. The zero-order valence-corrected chi connectivity index (χ0v) is 18.3. The van der Waals surface area contributed by atoms with Crippen LogP contribution < -0.4 is 4.74 Å². The van der Waals surface area contributed by atoms with Crippen LogP contribution in [-0.2, 0) is 10.3 Å². The zero-order chi connectivity index (χ0) is 23.4. The van der Waals surface area contributed by atoms with Crippen molar-refractivity contribution in [1.29, 1.82) is 0 Å². The molecule has 0 radical (unpaired) electrons. The summed E-state index contributed by atoms with van der Waals surface area (Å²) in [4.78, 5) is 12.1. The predicted molar refractivity (Wildman–Crippen MR) is 130 cm³/mol. The normalized spacial score (nSPS) is 13.8. The summed E-state index contributed by atoms with van der Waals surface area (Å²) in [6.07, 6.45) is 0.836. The minimum atomic E-state index is -1.13. The van der Waals surface area contributed by atoms with Gasteiger partial charge in [0.25, 0.3) is 0 Å². The van der Waals surface area contributed by atoms with Crippen LogP contribution in [0.15, 0.2) is 84.9 Å². The lowest BCUT2D eigenvalue weighted by molar-refractivity contribution is 0.0497. The van der Waals surface area contributed by atoms with Crippen LogP contribution in [0.25, 0.3) is 21.5 Å². The number of rotatable bonds is 3. The molecule has 0 aliphatic carbocycles. The Morgan fingerprint density at radius 3 is 1.82 bits per heavy atom. The van der Waals surface area contributed by atoms with Gasteiger partial charge in [-0.15, -0.1) is 0 Å². The number of carbonyl (C=O) groups excluding carboxylic acids is 1. The highest BCUT2D eigenvalue weighted by Crippen LogP contribution is 2.56. The Hall–Kier alpha value is -4.35. The maximum absolute atomic E-state index is 12.1. The first-order valence-electron chi connectivity index (χ1n) is 10.9. The molecule has 0 amide bonds. The SMILES string of the molecule is COC1(c2ccccc2C=O)c2ccc3cc(O)ccc3c2Oc2c1ccc1cc(O)ccc21. The van der Waals surface area contributed by atoms with Crippen molar-refractivity contribution in [2.75, 3.05) is 7.11 Å². The second kappa shape index (κ2) is 7.33. The summed E-state index contributed by atoms with van der Waals surface area (Å²) in [7, 11) is 1.63. The molecule has 166 valence electrons. The lowest BCUT2D eigenvalue weighted by Gasteiger charge is -2.41. The lowest BCUT2D eigenvalue weighted by Crippen LogP contribution is -2.36. The maximum Gasteiger partial charge on any atom is 0.151 e. The fourth-order valence-electron chi connectivity index (χ4n) is 5.14. The fourth-order valence-corrected chi connectivity index (χ4v) is 5.14. The maximum atomic E-state index is 12.1. The molecule has 5 heteroatoms. The van der Waals surface area contributed by atoms with E-state index >= 15 is 0 Å². The Kier molecular flexibility index (Phi) is 4.37. The summed E-state index contributed by atoms with van der Waals surface area (Å²) in [5.41, 5.74) is 1.61. The second-order valence-electron chi connectivity index (χ2n) is 8.39. The van der Waals surface area contributed by atoms with Gasteiger partial charge in [0.2, 0.25) is 0 Å². The molecule has 6 rings (SSSR count). The van der Waals surface area contributed by atoms with Crippen molar-refractivity contribution >= 4 is 27.8 Å². The summed E-state index contributed by atoms with van der Waals surface area (Å²) in [6, 6.07) is 25.3. The Labute approximate surface area is 195 Å². The van der Waals surface area contributed by atoms with Crippen LogP contribution in [0.1, 0.15) is 27.0 Å². The molecule has 5 aromatic carbocycles. The van der Waals surface area contributed by atoms with E-state index in [1.807, 2.05) is 54.6 Å². The third-order valence-corrected chi connectivity index (χ3v) is 6.64. The van der Waals surface area contributed by atoms with E-state index in [4.69, 9.17) is 9.47 Å². The highest BCUT2D eigenvalue weighted by molar-refractivity contribution is 5.97. The molecule has 0 atom stereocenters. The van der Waals surface area contributed by atoms with E-state index < -0.39 is 5.60 Å². The number of ether oxygens (including phenoxy) is 2. The van der Waals surface area contributed by atoms with Gasteiger partial charge in [0.1, 0.15) is 29.3 Å². The highest BCUT2D eigenvalue weighted by atomic mass is 16.5. The molecule has 5 aromatic rings. The molecule has 1 aliphatic heterocycles. The molecule has 5 nitrogen and oxygen atoms in total. The number of phenolic OH excluding ortho intramolecular Hbond substituents is 2. The third-order valence-electron chi connectivity index (χ3n) is 6.64. The molecule has 1 heterocycles. The number of aldehydes is 1. The van der Waals surface area contributed by atoms with Crippen LogP contribution in [0, 0.1) is 0 Å². The largest absolute Gasteiger partial charge is 0.508 e. The summed E-state index contributed by atoms with van der Waals surface area (Å²) in [6.45, 7) is 0. The Morgan fingerprint density at radius 2 is 1.29 bits per heavy atom. The minimum absolute atomic E-state index is 0.161. The molecule has 0 unspecified atom stereocenters. The molecule has 0 bridgehead atoms. The molecular formula is C29H20O5. The average molecular weight is 448 g/mol. The van der Waals surface area contributed by atoms with Crippen LogP contribution >= 0.6 is 0 Å². The summed E-state index contributed by atoms with van der Waals surface area (Å²) < 4.78 is 13.0. The van der Waals surface area contributed by atoms with Gasteiger partial charge in [-0.25, -0.2) is 0 Å². The topological polar surface area (TPSA) is 76.0 Å². The Bertz CT molecular complexity index is 1530. The predicted octanol–water partition coefficient (Wildman–Crippen LogP) is 6.26. The van der Waals surface area contributed by atoms with Crippen molar-refractivity contribution in [2.24, 2.45) is 0 Å². The van der Waals surface area contributed by atoms with E-state index in [1.165, 1.54) is 0 Å². The number of benzene rings is 5. The number of phenols is 2. The fraction of sp³-hybridized carbons (Fsp3) is 0.0690. The molecule has 0 aromatic heterocycles. The van der Waals surface area contributed by atoms with E-state index in [0.717, 1.165) is 39.0 Å². The first-order chi connectivity index (χ1) is 16.6. The van der Waals surface area contributed by atoms with E-state index in [0.29, 0.717) is 22.6 Å². The summed E-state index contributed by atoms with van der Waals surface area (Å²) >= 11 is 0. The van der Waals surface area contributed by atoms with Crippen molar-refractivity contribution in [3.8, 4) is 23.0 Å². The number of carbonyl (C=O) groups is 1. The van der Waals surface area contributed by atoms with E-state index in [1.54, 1.807) is 37.4 Å². The molecule has 0 saturated heterocycles. The van der Waals surface area contributed by atoms with Crippen LogP contribution in [0.3, 0.4) is 0 Å². The molecule has 34 heavy (non-hydrogen) atoms. The standard InChI is InChI=1S/C29H20O5/c1-33-29(24-5-3-2-4-19(24)16-30)25-12-6-17-14-20(31)8-10-22(17)27(25)34-28-23-11-9-21(32)15-18(23)7-13-26(28)29/h2-16,31-32H,1H3. The van der Waals surface area contributed by atoms with E-state index in [-0.39, 0.29) is 11.5 Å². The van der Waals surface area contributed by atoms with Crippen LogP contribution in [0.5, 0.6) is 23.0 Å². The first-order valence-corrected chi connectivity index (χ1v) is 10.9. The van der Waals surface area contributed by atoms with Crippen molar-refractivity contribution < 1.29 is 24.5 Å². The van der Waals surface area contributed by atoms with Crippen molar-refractivity contribution in [2.45, 2.75) is 5.60 Å². The van der Waals surface area contributed by atoms with Gasteiger partial charge in [-0.1, -0.05) is 48.5 Å². The van der Waals surface area contributed by atoms with E-state index in [2.05, 4.69) is 0 Å². The van der Waals surface area contributed by atoms with E-state index in [9.17, 15) is 15.0 Å². The van der Waals surface area contributed by atoms with Gasteiger partial charge in [-0.2, -0.15) is 0 Å². The van der Waals surface area contributed by atoms with Crippen molar-refractivity contribution in [1.82, 2.24) is 0 Å². The number of methoxy groups -OCH3 is 1. The smallest absolute Gasteiger partial charge is 0.151 e.